The quantitative estimate of drug-likeness (QED) is 0.488. The van der Waals surface area contributed by atoms with Gasteiger partial charge in [-0.25, -0.2) is 9.97 Å². The Morgan fingerprint density at radius 2 is 1.81 bits per heavy atom. The molecule has 1 saturated carbocycles. The van der Waals surface area contributed by atoms with Crippen molar-refractivity contribution in [2.75, 3.05) is 17.3 Å². The van der Waals surface area contributed by atoms with Crippen LogP contribution in [0.5, 0.6) is 0 Å². The molecule has 3 N–H and O–H groups in total. The third-order valence-corrected chi connectivity index (χ3v) is 6.38. The van der Waals surface area contributed by atoms with Gasteiger partial charge in [0.05, 0.1) is 17.4 Å². The maximum absolute atomic E-state index is 6.04. The van der Waals surface area contributed by atoms with E-state index in [1.807, 2.05) is 38.8 Å². The van der Waals surface area contributed by atoms with Crippen LogP contribution in [0.3, 0.4) is 0 Å². The van der Waals surface area contributed by atoms with E-state index in [0.717, 1.165) is 59.3 Å². The molecule has 7 nitrogen and oxygen atoms in total. The highest BCUT2D eigenvalue weighted by Crippen LogP contribution is 2.34. The van der Waals surface area contributed by atoms with Crippen LogP contribution in [0, 0.1) is 0 Å². The Hall–Kier alpha value is -3.45. The van der Waals surface area contributed by atoms with Crippen molar-refractivity contribution in [2.45, 2.75) is 37.8 Å². The SMILES string of the molecule is CN(c1cc(-c2ccccc2)c2ncn(C)c2c1)c1ccnc(NC2CCC(N)CC2)n1. The number of hydrogen-bond acceptors (Lipinski definition) is 6. The molecular weight excluding hydrogens is 398 g/mol. The van der Waals surface area contributed by atoms with Gasteiger partial charge in [-0.05, 0) is 49.4 Å². The van der Waals surface area contributed by atoms with Crippen molar-refractivity contribution in [3.8, 4) is 11.1 Å². The van der Waals surface area contributed by atoms with Crippen LogP contribution in [0.1, 0.15) is 25.7 Å². The van der Waals surface area contributed by atoms with Gasteiger partial charge in [0.2, 0.25) is 5.95 Å². The van der Waals surface area contributed by atoms with Crippen LogP contribution in [0.15, 0.2) is 61.1 Å². The van der Waals surface area contributed by atoms with Crippen LogP contribution < -0.4 is 16.0 Å². The van der Waals surface area contributed by atoms with Gasteiger partial charge < -0.3 is 20.5 Å². The molecule has 0 amide bonds. The summed E-state index contributed by atoms with van der Waals surface area (Å²) in [7, 11) is 4.06. The van der Waals surface area contributed by atoms with E-state index in [9.17, 15) is 0 Å². The fourth-order valence-electron chi connectivity index (χ4n) is 4.43. The van der Waals surface area contributed by atoms with E-state index in [-0.39, 0.29) is 0 Å². The molecule has 0 spiro atoms. The molecule has 2 aromatic carbocycles. The first kappa shape index (κ1) is 20.5. The minimum Gasteiger partial charge on any atom is -0.351 e. The van der Waals surface area contributed by atoms with Gasteiger partial charge in [0.15, 0.2) is 0 Å². The lowest BCUT2D eigenvalue weighted by atomic mass is 9.92. The van der Waals surface area contributed by atoms with Crippen molar-refractivity contribution in [2.24, 2.45) is 12.8 Å². The second-order valence-corrected chi connectivity index (χ2v) is 8.64. The van der Waals surface area contributed by atoms with Gasteiger partial charge in [0.25, 0.3) is 0 Å². The van der Waals surface area contributed by atoms with Crippen molar-refractivity contribution in [3.05, 3.63) is 61.1 Å². The van der Waals surface area contributed by atoms with Crippen molar-refractivity contribution in [1.29, 1.82) is 0 Å². The van der Waals surface area contributed by atoms with Gasteiger partial charge in [-0.15, -0.1) is 0 Å². The molecule has 7 heteroatoms. The van der Waals surface area contributed by atoms with Crippen LogP contribution >= 0.6 is 0 Å². The zero-order chi connectivity index (χ0) is 22.1. The fraction of sp³-hybridized carbons (Fsp3) is 0.320. The molecule has 0 atom stereocenters. The molecular formula is C25H29N7. The average molecular weight is 428 g/mol. The number of nitrogens with zero attached hydrogens (tertiary/aromatic N) is 5. The molecule has 0 saturated heterocycles. The van der Waals surface area contributed by atoms with E-state index in [4.69, 9.17) is 10.7 Å². The summed E-state index contributed by atoms with van der Waals surface area (Å²) in [5.74, 6) is 1.51. The number of nitrogens with one attached hydrogen (secondary N) is 1. The lowest BCUT2D eigenvalue weighted by molar-refractivity contribution is 0.410. The van der Waals surface area contributed by atoms with Crippen molar-refractivity contribution in [3.63, 3.8) is 0 Å². The second-order valence-electron chi connectivity index (χ2n) is 8.64. The summed E-state index contributed by atoms with van der Waals surface area (Å²) in [5.41, 5.74) is 11.4. The number of anilines is 3. The molecule has 0 bridgehead atoms. The van der Waals surface area contributed by atoms with E-state index in [1.54, 1.807) is 0 Å². The first-order valence-electron chi connectivity index (χ1n) is 11.2. The molecule has 0 radical (unpaired) electrons. The summed E-state index contributed by atoms with van der Waals surface area (Å²) in [6.07, 6.45) is 7.89. The highest BCUT2D eigenvalue weighted by atomic mass is 15.2. The smallest absolute Gasteiger partial charge is 0.224 e. The molecule has 1 aliphatic rings. The van der Waals surface area contributed by atoms with Crippen LogP contribution in [0.25, 0.3) is 22.2 Å². The van der Waals surface area contributed by atoms with Crippen molar-refractivity contribution < 1.29 is 0 Å². The van der Waals surface area contributed by atoms with Crippen molar-refractivity contribution in [1.82, 2.24) is 19.5 Å². The zero-order valence-electron chi connectivity index (χ0n) is 18.6. The van der Waals surface area contributed by atoms with Gasteiger partial charge in [-0.2, -0.15) is 4.98 Å². The van der Waals surface area contributed by atoms with Gasteiger partial charge in [-0.1, -0.05) is 30.3 Å². The van der Waals surface area contributed by atoms with Gasteiger partial charge in [0.1, 0.15) is 5.82 Å². The maximum atomic E-state index is 6.04. The van der Waals surface area contributed by atoms with E-state index < -0.39 is 0 Å². The summed E-state index contributed by atoms with van der Waals surface area (Å²) in [6, 6.07) is 17.4. The highest BCUT2D eigenvalue weighted by molar-refractivity contribution is 5.95. The molecule has 1 fully saturated rings. The number of nitrogens with two attached hydrogens (primary N) is 1. The number of hydrogen-bond donors (Lipinski definition) is 2. The zero-order valence-corrected chi connectivity index (χ0v) is 18.6. The normalized spacial score (nSPS) is 18.6. The number of imidazole rings is 1. The minimum atomic E-state index is 0.326. The van der Waals surface area contributed by atoms with E-state index in [1.165, 1.54) is 0 Å². The van der Waals surface area contributed by atoms with Gasteiger partial charge in [-0.3, -0.25) is 0 Å². The standard InChI is InChI=1S/C25H29N7/c1-31-16-28-24-21(17-6-4-3-5-7-17)14-20(15-22(24)31)32(2)23-12-13-27-25(30-23)29-19-10-8-18(26)9-11-19/h3-7,12-16,18-19H,8-11,26H2,1-2H3,(H,27,29,30). The molecule has 0 unspecified atom stereocenters. The molecule has 4 aromatic rings. The van der Waals surface area contributed by atoms with Crippen LogP contribution in [0.4, 0.5) is 17.5 Å². The molecule has 2 aromatic heterocycles. The topological polar surface area (TPSA) is 84.9 Å². The number of aromatic nitrogens is 4. The molecule has 5 rings (SSSR count). The Bertz CT molecular complexity index is 1210. The average Bonchev–Trinajstić information content (AvgIpc) is 3.21. The second kappa shape index (κ2) is 8.59. The van der Waals surface area contributed by atoms with E-state index in [0.29, 0.717) is 18.0 Å². The highest BCUT2D eigenvalue weighted by Gasteiger charge is 2.20. The van der Waals surface area contributed by atoms with Gasteiger partial charge in [0, 0.05) is 43.6 Å². The van der Waals surface area contributed by atoms with Crippen LogP contribution in [-0.2, 0) is 7.05 Å². The number of benzene rings is 2. The van der Waals surface area contributed by atoms with E-state index >= 15 is 0 Å². The Morgan fingerprint density at radius 1 is 1.03 bits per heavy atom. The molecule has 0 aliphatic heterocycles. The summed E-state index contributed by atoms with van der Waals surface area (Å²) in [5, 5.41) is 3.50. The van der Waals surface area contributed by atoms with E-state index in [2.05, 4.69) is 61.1 Å². The number of fused-ring (bicyclic) bond motifs is 1. The third kappa shape index (κ3) is 4.03. The molecule has 2 heterocycles. The predicted molar refractivity (Wildman–Crippen MR) is 130 cm³/mol. The maximum Gasteiger partial charge on any atom is 0.224 e. The Morgan fingerprint density at radius 3 is 2.59 bits per heavy atom. The largest absolute Gasteiger partial charge is 0.351 e. The molecule has 1 aliphatic carbocycles. The minimum absolute atomic E-state index is 0.326. The molecule has 164 valence electrons. The lowest BCUT2D eigenvalue weighted by Gasteiger charge is -2.27. The van der Waals surface area contributed by atoms with Gasteiger partial charge >= 0.3 is 0 Å². The lowest BCUT2D eigenvalue weighted by Crippen LogP contribution is -2.33. The number of rotatable bonds is 5. The summed E-state index contributed by atoms with van der Waals surface area (Å²) >= 11 is 0. The van der Waals surface area contributed by atoms with Crippen LogP contribution in [-0.4, -0.2) is 38.7 Å². The first-order valence-corrected chi connectivity index (χ1v) is 11.2. The Labute approximate surface area is 188 Å². The monoisotopic (exact) mass is 427 g/mol. The van der Waals surface area contributed by atoms with Crippen LogP contribution in [0.2, 0.25) is 0 Å². The number of aryl methyl sites for hydroxylation is 1. The molecule has 32 heavy (non-hydrogen) atoms. The fourth-order valence-corrected chi connectivity index (χ4v) is 4.43. The summed E-state index contributed by atoms with van der Waals surface area (Å²) in [6.45, 7) is 0. The summed E-state index contributed by atoms with van der Waals surface area (Å²) in [4.78, 5) is 16.0. The summed E-state index contributed by atoms with van der Waals surface area (Å²) < 4.78 is 2.06. The third-order valence-electron chi connectivity index (χ3n) is 6.38. The van der Waals surface area contributed by atoms with Crippen molar-refractivity contribution >= 4 is 28.5 Å². The first-order chi connectivity index (χ1) is 15.6. The predicted octanol–water partition coefficient (Wildman–Crippen LogP) is 4.48. The Balaban J connectivity index is 1.47. The Kier molecular flexibility index (Phi) is 5.49.